The van der Waals surface area contributed by atoms with Crippen LogP contribution < -0.4 is 10.6 Å². The van der Waals surface area contributed by atoms with Crippen molar-refractivity contribution in [1.29, 1.82) is 0 Å². The number of aromatic nitrogens is 1. The minimum absolute atomic E-state index is 0.191. The van der Waals surface area contributed by atoms with E-state index in [2.05, 4.69) is 15.6 Å². The number of hydrogen-bond acceptors (Lipinski definition) is 2. The number of H-pyrrole nitrogens is 1. The third-order valence-corrected chi connectivity index (χ3v) is 3.32. The highest BCUT2D eigenvalue weighted by Gasteiger charge is 2.14. The van der Waals surface area contributed by atoms with E-state index < -0.39 is 0 Å². The molecule has 0 spiro atoms. The van der Waals surface area contributed by atoms with Crippen LogP contribution in [0.3, 0.4) is 0 Å². The van der Waals surface area contributed by atoms with Crippen molar-refractivity contribution in [2.45, 2.75) is 12.5 Å². The summed E-state index contributed by atoms with van der Waals surface area (Å²) in [5.74, 6) is -0.191. The van der Waals surface area contributed by atoms with E-state index in [1.807, 2.05) is 12.3 Å². The summed E-state index contributed by atoms with van der Waals surface area (Å²) in [7, 11) is 0. The summed E-state index contributed by atoms with van der Waals surface area (Å²) in [6, 6.07) is 5.39. The van der Waals surface area contributed by atoms with Crippen LogP contribution in [0.25, 0.3) is 10.9 Å². The topological polar surface area (TPSA) is 39.8 Å². The average Bonchev–Trinajstić information content (AvgIpc) is 2.73. The van der Waals surface area contributed by atoms with Crippen molar-refractivity contribution in [1.82, 2.24) is 15.6 Å². The molecule has 90 valence electrons. The Kier molecular flexibility index (Phi) is 2.82. The second-order valence-corrected chi connectivity index (χ2v) is 4.56. The predicted molar refractivity (Wildman–Crippen MR) is 66.6 cm³/mol. The summed E-state index contributed by atoms with van der Waals surface area (Å²) in [4.78, 5) is 3.13. The highest BCUT2D eigenvalue weighted by atomic mass is 19.1. The Morgan fingerprint density at radius 2 is 2.24 bits per heavy atom. The van der Waals surface area contributed by atoms with Gasteiger partial charge < -0.3 is 15.6 Å². The summed E-state index contributed by atoms with van der Waals surface area (Å²) in [6.45, 7) is 3.05. The lowest BCUT2D eigenvalue weighted by atomic mass is 10.0. The van der Waals surface area contributed by atoms with E-state index in [-0.39, 0.29) is 5.82 Å². The molecule has 4 heteroatoms. The van der Waals surface area contributed by atoms with Gasteiger partial charge in [0.05, 0.1) is 0 Å². The van der Waals surface area contributed by atoms with Gasteiger partial charge in [-0.05, 0) is 30.2 Å². The first-order valence-corrected chi connectivity index (χ1v) is 6.02. The van der Waals surface area contributed by atoms with Crippen LogP contribution in [0.1, 0.15) is 5.56 Å². The zero-order chi connectivity index (χ0) is 11.7. The van der Waals surface area contributed by atoms with Crippen LogP contribution in [-0.2, 0) is 6.42 Å². The second-order valence-electron chi connectivity index (χ2n) is 4.56. The first-order chi connectivity index (χ1) is 8.33. The smallest absolute Gasteiger partial charge is 0.125 e. The summed E-state index contributed by atoms with van der Waals surface area (Å²) in [6.07, 6.45) is 2.96. The lowest BCUT2D eigenvalue weighted by Crippen LogP contribution is -2.49. The molecule has 1 aliphatic rings. The van der Waals surface area contributed by atoms with Crippen LogP contribution in [0.4, 0.5) is 4.39 Å². The van der Waals surface area contributed by atoms with Crippen molar-refractivity contribution in [3.8, 4) is 0 Å². The number of aromatic amines is 1. The molecule has 0 aliphatic carbocycles. The zero-order valence-electron chi connectivity index (χ0n) is 9.59. The van der Waals surface area contributed by atoms with Gasteiger partial charge in [-0.25, -0.2) is 4.39 Å². The molecule has 0 amide bonds. The van der Waals surface area contributed by atoms with E-state index in [4.69, 9.17) is 0 Å². The highest BCUT2D eigenvalue weighted by Crippen LogP contribution is 2.20. The number of nitrogens with one attached hydrogen (secondary N) is 3. The number of hydrogen-bond donors (Lipinski definition) is 3. The van der Waals surface area contributed by atoms with Crippen molar-refractivity contribution >= 4 is 10.9 Å². The molecule has 1 aromatic carbocycles. The van der Waals surface area contributed by atoms with Crippen LogP contribution in [0.2, 0.25) is 0 Å². The number of rotatable bonds is 2. The van der Waals surface area contributed by atoms with Crippen molar-refractivity contribution in [3.63, 3.8) is 0 Å². The Bertz CT molecular complexity index is 514. The van der Waals surface area contributed by atoms with Gasteiger partial charge in [0.2, 0.25) is 0 Å². The Morgan fingerprint density at radius 1 is 1.29 bits per heavy atom. The standard InChI is InChI=1S/C13H16FN3/c14-10-1-2-12-9(7-17-13(12)6-10)5-11-8-15-3-4-16-11/h1-2,6-7,11,15-17H,3-5,8H2. The first kappa shape index (κ1) is 10.7. The van der Waals surface area contributed by atoms with Gasteiger partial charge in [-0.1, -0.05) is 0 Å². The molecule has 1 saturated heterocycles. The third kappa shape index (κ3) is 2.18. The van der Waals surface area contributed by atoms with Crippen LogP contribution >= 0.6 is 0 Å². The fourth-order valence-corrected chi connectivity index (χ4v) is 2.45. The van der Waals surface area contributed by atoms with Gasteiger partial charge >= 0.3 is 0 Å². The van der Waals surface area contributed by atoms with E-state index in [1.54, 1.807) is 6.07 Å². The average molecular weight is 233 g/mol. The van der Waals surface area contributed by atoms with Gasteiger partial charge in [0.25, 0.3) is 0 Å². The summed E-state index contributed by atoms with van der Waals surface area (Å²) < 4.78 is 13.1. The van der Waals surface area contributed by atoms with Gasteiger partial charge in [0.15, 0.2) is 0 Å². The molecule has 17 heavy (non-hydrogen) atoms. The summed E-state index contributed by atoms with van der Waals surface area (Å²) >= 11 is 0. The molecular weight excluding hydrogens is 217 g/mol. The van der Waals surface area contributed by atoms with Crippen molar-refractivity contribution < 1.29 is 4.39 Å². The fraction of sp³-hybridized carbons (Fsp3) is 0.385. The molecular formula is C13H16FN3. The molecule has 1 unspecified atom stereocenters. The summed E-state index contributed by atoms with van der Waals surface area (Å²) in [5.41, 5.74) is 2.13. The minimum atomic E-state index is -0.191. The van der Waals surface area contributed by atoms with Gasteiger partial charge in [0.1, 0.15) is 5.82 Å². The molecule has 1 aromatic heterocycles. The Hall–Kier alpha value is -1.39. The van der Waals surface area contributed by atoms with Gasteiger partial charge in [-0.2, -0.15) is 0 Å². The molecule has 0 saturated carbocycles. The van der Waals surface area contributed by atoms with E-state index in [0.717, 1.165) is 37.0 Å². The van der Waals surface area contributed by atoms with E-state index >= 15 is 0 Å². The van der Waals surface area contributed by atoms with Gasteiger partial charge in [-0.15, -0.1) is 0 Å². The minimum Gasteiger partial charge on any atom is -0.361 e. The maximum absolute atomic E-state index is 13.1. The van der Waals surface area contributed by atoms with Crippen LogP contribution in [0.15, 0.2) is 24.4 Å². The fourth-order valence-electron chi connectivity index (χ4n) is 2.45. The maximum atomic E-state index is 13.1. The molecule has 1 fully saturated rings. The second kappa shape index (κ2) is 4.47. The largest absolute Gasteiger partial charge is 0.361 e. The number of benzene rings is 1. The number of fused-ring (bicyclic) bond motifs is 1. The normalized spacial score (nSPS) is 20.9. The Balaban J connectivity index is 1.84. The highest BCUT2D eigenvalue weighted by molar-refractivity contribution is 5.83. The predicted octanol–water partition coefficient (Wildman–Crippen LogP) is 1.41. The van der Waals surface area contributed by atoms with Gasteiger partial charge in [0, 0.05) is 42.8 Å². The first-order valence-electron chi connectivity index (χ1n) is 6.02. The molecule has 0 bridgehead atoms. The van der Waals surface area contributed by atoms with Crippen LogP contribution in [-0.4, -0.2) is 30.7 Å². The van der Waals surface area contributed by atoms with Crippen LogP contribution in [0, 0.1) is 5.82 Å². The number of piperazine rings is 1. The Labute approximate surface area is 99.4 Å². The number of halogens is 1. The van der Waals surface area contributed by atoms with Crippen molar-refractivity contribution in [3.05, 3.63) is 35.8 Å². The quantitative estimate of drug-likeness (QED) is 0.734. The third-order valence-electron chi connectivity index (χ3n) is 3.32. The molecule has 3 nitrogen and oxygen atoms in total. The Morgan fingerprint density at radius 3 is 3.06 bits per heavy atom. The molecule has 2 heterocycles. The van der Waals surface area contributed by atoms with Crippen molar-refractivity contribution in [2.24, 2.45) is 0 Å². The monoisotopic (exact) mass is 233 g/mol. The van der Waals surface area contributed by atoms with Gasteiger partial charge in [-0.3, -0.25) is 0 Å². The van der Waals surface area contributed by atoms with Crippen LogP contribution in [0.5, 0.6) is 0 Å². The lowest BCUT2D eigenvalue weighted by Gasteiger charge is -2.24. The molecule has 3 N–H and O–H groups in total. The van der Waals surface area contributed by atoms with Crippen molar-refractivity contribution in [2.75, 3.05) is 19.6 Å². The molecule has 1 atom stereocenters. The zero-order valence-corrected chi connectivity index (χ0v) is 9.59. The molecule has 3 rings (SSSR count). The maximum Gasteiger partial charge on any atom is 0.125 e. The van der Waals surface area contributed by atoms with E-state index in [0.29, 0.717) is 6.04 Å². The molecule has 1 aliphatic heterocycles. The molecule has 0 radical (unpaired) electrons. The van der Waals surface area contributed by atoms with E-state index in [1.165, 1.54) is 11.6 Å². The lowest BCUT2D eigenvalue weighted by molar-refractivity contribution is 0.417. The molecule has 2 aromatic rings. The SMILES string of the molecule is Fc1ccc2c(CC3CNCCN3)c[nH]c2c1. The summed E-state index contributed by atoms with van der Waals surface area (Å²) in [5, 5.41) is 7.98. The van der Waals surface area contributed by atoms with E-state index in [9.17, 15) is 4.39 Å².